The molecule has 2 aromatic rings. The van der Waals surface area contributed by atoms with Crippen molar-refractivity contribution in [3.8, 4) is 0 Å². The Morgan fingerprint density at radius 1 is 1.16 bits per heavy atom. The number of hydrogen-bond acceptors (Lipinski definition) is 5. The van der Waals surface area contributed by atoms with Gasteiger partial charge in [0.05, 0.1) is 0 Å². The number of carbonyl (C=O) groups excluding carboxylic acids is 1. The summed E-state index contributed by atoms with van der Waals surface area (Å²) in [5, 5.41) is 3.40. The van der Waals surface area contributed by atoms with E-state index in [2.05, 4.69) is 20.3 Å². The summed E-state index contributed by atoms with van der Waals surface area (Å²) < 4.78 is 0. The fraction of sp³-hybridized carbons (Fsp3) is 0.474. The second kappa shape index (κ2) is 6.43. The fourth-order valence-corrected chi connectivity index (χ4v) is 4.06. The minimum Gasteiger partial charge on any atom is -0.351 e. The van der Waals surface area contributed by atoms with Crippen molar-refractivity contribution in [2.24, 2.45) is 5.41 Å². The van der Waals surface area contributed by atoms with Crippen LogP contribution in [0.5, 0.6) is 0 Å². The quantitative estimate of drug-likeness (QED) is 0.932. The Bertz CT molecular complexity index is 747. The van der Waals surface area contributed by atoms with Crippen molar-refractivity contribution in [2.75, 3.05) is 18.4 Å². The van der Waals surface area contributed by atoms with E-state index in [9.17, 15) is 4.79 Å². The number of piperidine rings is 1. The number of aryl methyl sites for hydroxylation is 1. The Labute approximate surface area is 147 Å². The van der Waals surface area contributed by atoms with E-state index in [1.807, 2.05) is 36.1 Å². The molecule has 0 aromatic carbocycles. The van der Waals surface area contributed by atoms with Crippen LogP contribution in [0.3, 0.4) is 0 Å². The molecular formula is C19H23N5O. The molecule has 1 saturated heterocycles. The van der Waals surface area contributed by atoms with Gasteiger partial charge in [-0.1, -0.05) is 6.07 Å². The van der Waals surface area contributed by atoms with Gasteiger partial charge in [0.15, 0.2) is 0 Å². The molecule has 1 N–H and O–H groups in total. The van der Waals surface area contributed by atoms with Crippen molar-refractivity contribution in [3.63, 3.8) is 0 Å². The number of rotatable bonds is 3. The highest BCUT2D eigenvalue weighted by molar-refractivity contribution is 5.92. The first kappa shape index (κ1) is 16.0. The third kappa shape index (κ3) is 3.34. The van der Waals surface area contributed by atoms with Crippen LogP contribution in [0.15, 0.2) is 36.7 Å². The maximum atomic E-state index is 12.6. The smallest absolute Gasteiger partial charge is 0.272 e. The van der Waals surface area contributed by atoms with Crippen molar-refractivity contribution >= 4 is 11.9 Å². The van der Waals surface area contributed by atoms with Crippen LogP contribution in [-0.4, -0.2) is 44.9 Å². The molecule has 2 fully saturated rings. The molecule has 1 amide bonds. The SMILES string of the molecule is Cc1cccc(C(=O)N2CCC3(CC2)CC(Nc2ncccn2)C3)n1. The topological polar surface area (TPSA) is 71.0 Å². The number of hydrogen-bond donors (Lipinski definition) is 1. The Morgan fingerprint density at radius 3 is 2.56 bits per heavy atom. The van der Waals surface area contributed by atoms with Crippen LogP contribution in [0, 0.1) is 12.3 Å². The van der Waals surface area contributed by atoms with Gasteiger partial charge in [-0.3, -0.25) is 4.79 Å². The molecule has 3 heterocycles. The lowest BCUT2D eigenvalue weighted by Gasteiger charge is -2.52. The highest BCUT2D eigenvalue weighted by Gasteiger charge is 2.46. The van der Waals surface area contributed by atoms with Gasteiger partial charge in [0, 0.05) is 37.2 Å². The normalized spacial score (nSPS) is 19.5. The first-order chi connectivity index (χ1) is 12.1. The van der Waals surface area contributed by atoms with Gasteiger partial charge in [-0.25, -0.2) is 15.0 Å². The second-order valence-corrected chi connectivity index (χ2v) is 7.28. The minimum atomic E-state index is 0.0604. The molecule has 0 unspecified atom stereocenters. The standard InChI is InChI=1S/C19H23N5O/c1-14-4-2-5-16(22-14)17(25)24-10-6-19(7-11-24)12-15(13-19)23-18-20-8-3-9-21-18/h2-5,8-9,15H,6-7,10-13H2,1H3,(H,20,21,23). The number of nitrogens with one attached hydrogen (secondary N) is 1. The van der Waals surface area contributed by atoms with Gasteiger partial charge in [-0.05, 0) is 56.2 Å². The molecular weight excluding hydrogens is 314 g/mol. The highest BCUT2D eigenvalue weighted by Crippen LogP contribution is 2.49. The van der Waals surface area contributed by atoms with E-state index in [0.717, 1.165) is 44.5 Å². The van der Waals surface area contributed by atoms with E-state index in [1.165, 1.54) is 0 Å². The summed E-state index contributed by atoms with van der Waals surface area (Å²) in [6, 6.07) is 7.89. The number of aromatic nitrogens is 3. The highest BCUT2D eigenvalue weighted by atomic mass is 16.2. The van der Waals surface area contributed by atoms with E-state index in [4.69, 9.17) is 0 Å². The molecule has 25 heavy (non-hydrogen) atoms. The summed E-state index contributed by atoms with van der Waals surface area (Å²) in [6.07, 6.45) is 7.92. The Balaban J connectivity index is 1.30. The summed E-state index contributed by atoms with van der Waals surface area (Å²) in [7, 11) is 0. The van der Waals surface area contributed by atoms with Crippen LogP contribution < -0.4 is 5.32 Å². The zero-order valence-corrected chi connectivity index (χ0v) is 14.5. The van der Waals surface area contributed by atoms with Gasteiger partial charge in [-0.15, -0.1) is 0 Å². The molecule has 1 aliphatic carbocycles. The van der Waals surface area contributed by atoms with Crippen LogP contribution in [0.4, 0.5) is 5.95 Å². The van der Waals surface area contributed by atoms with E-state index in [-0.39, 0.29) is 5.91 Å². The fourth-order valence-electron chi connectivity index (χ4n) is 4.06. The van der Waals surface area contributed by atoms with Gasteiger partial charge >= 0.3 is 0 Å². The van der Waals surface area contributed by atoms with Crippen molar-refractivity contribution < 1.29 is 4.79 Å². The molecule has 6 heteroatoms. The van der Waals surface area contributed by atoms with Crippen LogP contribution in [0.1, 0.15) is 41.9 Å². The molecule has 130 valence electrons. The summed E-state index contributed by atoms with van der Waals surface area (Å²) >= 11 is 0. The third-order valence-corrected chi connectivity index (χ3v) is 5.48. The number of likely N-dealkylation sites (tertiary alicyclic amines) is 1. The molecule has 6 nitrogen and oxygen atoms in total. The minimum absolute atomic E-state index is 0.0604. The molecule has 1 spiro atoms. The summed E-state index contributed by atoms with van der Waals surface area (Å²) in [5.74, 6) is 0.769. The lowest BCUT2D eigenvalue weighted by atomic mass is 9.60. The zero-order chi connectivity index (χ0) is 17.3. The third-order valence-electron chi connectivity index (χ3n) is 5.48. The largest absolute Gasteiger partial charge is 0.351 e. The molecule has 4 rings (SSSR count). The molecule has 2 aliphatic rings. The summed E-state index contributed by atoms with van der Waals surface area (Å²) in [4.78, 5) is 27.4. The average Bonchev–Trinajstić information content (AvgIpc) is 2.61. The predicted molar refractivity (Wildman–Crippen MR) is 95.2 cm³/mol. The van der Waals surface area contributed by atoms with Gasteiger partial charge in [-0.2, -0.15) is 0 Å². The Morgan fingerprint density at radius 2 is 1.88 bits per heavy atom. The maximum absolute atomic E-state index is 12.6. The molecule has 2 aromatic heterocycles. The van der Waals surface area contributed by atoms with E-state index in [0.29, 0.717) is 23.1 Å². The molecule has 1 aliphatic heterocycles. The number of anilines is 1. The Kier molecular flexibility index (Phi) is 4.11. The number of carbonyl (C=O) groups is 1. The summed E-state index contributed by atoms with van der Waals surface area (Å²) in [5.41, 5.74) is 1.82. The number of nitrogens with zero attached hydrogens (tertiary/aromatic N) is 4. The van der Waals surface area contributed by atoms with Crippen molar-refractivity contribution in [3.05, 3.63) is 48.0 Å². The second-order valence-electron chi connectivity index (χ2n) is 7.28. The first-order valence-electron chi connectivity index (χ1n) is 8.90. The van der Waals surface area contributed by atoms with E-state index < -0.39 is 0 Å². The van der Waals surface area contributed by atoms with Gasteiger partial charge < -0.3 is 10.2 Å². The van der Waals surface area contributed by atoms with Crippen LogP contribution in [0.2, 0.25) is 0 Å². The van der Waals surface area contributed by atoms with E-state index >= 15 is 0 Å². The number of pyridine rings is 1. The molecule has 0 bridgehead atoms. The van der Waals surface area contributed by atoms with Gasteiger partial charge in [0.1, 0.15) is 5.69 Å². The van der Waals surface area contributed by atoms with Crippen LogP contribution >= 0.6 is 0 Å². The molecule has 1 saturated carbocycles. The predicted octanol–water partition coefficient (Wildman–Crippen LogP) is 2.68. The van der Waals surface area contributed by atoms with E-state index in [1.54, 1.807) is 12.4 Å². The monoisotopic (exact) mass is 337 g/mol. The lowest BCUT2D eigenvalue weighted by Crippen LogP contribution is -2.52. The molecule has 0 atom stereocenters. The molecule has 0 radical (unpaired) electrons. The first-order valence-corrected chi connectivity index (χ1v) is 8.90. The summed E-state index contributed by atoms with van der Waals surface area (Å²) in [6.45, 7) is 3.56. The lowest BCUT2D eigenvalue weighted by molar-refractivity contribution is 0.0215. The van der Waals surface area contributed by atoms with Crippen molar-refractivity contribution in [1.82, 2.24) is 19.9 Å². The van der Waals surface area contributed by atoms with Crippen LogP contribution in [0.25, 0.3) is 0 Å². The van der Waals surface area contributed by atoms with Crippen molar-refractivity contribution in [1.29, 1.82) is 0 Å². The van der Waals surface area contributed by atoms with Crippen molar-refractivity contribution in [2.45, 2.75) is 38.6 Å². The zero-order valence-electron chi connectivity index (χ0n) is 14.5. The Hall–Kier alpha value is -2.50. The van der Waals surface area contributed by atoms with Gasteiger partial charge in [0.25, 0.3) is 5.91 Å². The van der Waals surface area contributed by atoms with Gasteiger partial charge in [0.2, 0.25) is 5.95 Å². The number of amides is 1. The van der Waals surface area contributed by atoms with Crippen LogP contribution in [-0.2, 0) is 0 Å². The average molecular weight is 337 g/mol. The maximum Gasteiger partial charge on any atom is 0.272 e.